The molecular formula is C45H53N7O8. The number of aromatic amines is 1. The number of carbonyl (C=O) groups excluding carboxylic acids is 3. The van der Waals surface area contributed by atoms with E-state index in [0.717, 1.165) is 49.8 Å². The fourth-order valence-corrected chi connectivity index (χ4v) is 9.27. The predicted molar refractivity (Wildman–Crippen MR) is 222 cm³/mol. The number of piperidine rings is 1. The fourth-order valence-electron chi connectivity index (χ4n) is 9.27. The minimum Gasteiger partial charge on any atom is -0.493 e. The first kappa shape index (κ1) is 39.6. The highest BCUT2D eigenvalue weighted by atomic mass is 16.7. The monoisotopic (exact) mass is 819 g/mol. The van der Waals surface area contributed by atoms with Gasteiger partial charge in [0.15, 0.2) is 23.0 Å². The highest BCUT2D eigenvalue weighted by Crippen LogP contribution is 2.48. The molecule has 5 heterocycles. The zero-order valence-electron chi connectivity index (χ0n) is 34.7. The first-order chi connectivity index (χ1) is 29.2. The van der Waals surface area contributed by atoms with E-state index >= 15 is 0 Å². The molecule has 15 nitrogen and oxygen atoms in total. The molecule has 60 heavy (non-hydrogen) atoms. The summed E-state index contributed by atoms with van der Waals surface area (Å²) in [6.45, 7) is 5.62. The Morgan fingerprint density at radius 1 is 0.933 bits per heavy atom. The van der Waals surface area contributed by atoms with Crippen LogP contribution in [0.5, 0.6) is 28.7 Å². The first-order valence-corrected chi connectivity index (χ1v) is 21.3. The normalized spacial score (nSPS) is 20.8. The van der Waals surface area contributed by atoms with E-state index in [2.05, 4.69) is 20.3 Å². The van der Waals surface area contributed by atoms with Crippen LogP contribution in [0.1, 0.15) is 87.6 Å². The lowest BCUT2D eigenvalue weighted by Gasteiger charge is -2.43. The van der Waals surface area contributed by atoms with Crippen LogP contribution in [0.15, 0.2) is 48.0 Å². The minimum absolute atomic E-state index is 0.0453. The molecule has 2 aromatic carbocycles. The lowest BCUT2D eigenvalue weighted by atomic mass is 9.73. The van der Waals surface area contributed by atoms with Gasteiger partial charge in [0, 0.05) is 36.7 Å². The number of methoxy groups -OCH3 is 2. The second-order valence-corrected chi connectivity index (χ2v) is 17.0. The van der Waals surface area contributed by atoms with Gasteiger partial charge in [0.1, 0.15) is 29.3 Å². The summed E-state index contributed by atoms with van der Waals surface area (Å²) in [5, 5.41) is 9.86. The summed E-state index contributed by atoms with van der Waals surface area (Å²) in [6, 6.07) is 8.61. The van der Waals surface area contributed by atoms with Gasteiger partial charge < -0.3 is 38.9 Å². The third kappa shape index (κ3) is 7.58. The van der Waals surface area contributed by atoms with Crippen molar-refractivity contribution < 1.29 is 38.1 Å². The van der Waals surface area contributed by atoms with Crippen LogP contribution in [-0.4, -0.2) is 101 Å². The number of fused-ring (bicyclic) bond motifs is 3. The van der Waals surface area contributed by atoms with Crippen molar-refractivity contribution in [2.75, 3.05) is 40.7 Å². The molecule has 3 atom stereocenters. The van der Waals surface area contributed by atoms with Gasteiger partial charge in [-0.15, -0.1) is 0 Å². The lowest BCUT2D eigenvalue weighted by Crippen LogP contribution is -2.55. The molecule has 3 aliphatic heterocycles. The second-order valence-electron chi connectivity index (χ2n) is 17.0. The molecule has 0 bridgehead atoms. The van der Waals surface area contributed by atoms with E-state index in [-0.39, 0.29) is 42.4 Å². The number of carbonyl (C=O) groups is 3. The van der Waals surface area contributed by atoms with E-state index < -0.39 is 11.9 Å². The summed E-state index contributed by atoms with van der Waals surface area (Å²) in [5.74, 6) is 3.08. The lowest BCUT2D eigenvalue weighted by molar-refractivity contribution is -0.143. The molecule has 2 aliphatic carbocycles. The highest BCUT2D eigenvalue weighted by Gasteiger charge is 2.44. The van der Waals surface area contributed by atoms with E-state index in [1.54, 1.807) is 25.4 Å². The molecule has 2 N–H and O–H groups in total. The van der Waals surface area contributed by atoms with Gasteiger partial charge in [-0.1, -0.05) is 26.7 Å². The number of hydrazone groups is 1. The Bertz CT molecular complexity index is 2310. The predicted octanol–water partition coefficient (Wildman–Crippen LogP) is 6.35. The number of rotatable bonds is 13. The van der Waals surface area contributed by atoms with Gasteiger partial charge in [0.25, 0.3) is 5.91 Å². The van der Waals surface area contributed by atoms with Crippen LogP contribution in [0.4, 0.5) is 0 Å². The highest BCUT2D eigenvalue weighted by molar-refractivity contribution is 6.09. The number of likely N-dealkylation sites (tertiary alicyclic amines) is 1. The van der Waals surface area contributed by atoms with Gasteiger partial charge in [-0.3, -0.25) is 14.4 Å². The standard InChI is InChI=1S/C45H53N7O8/c1-25(2)19-32(49-43(53)31-21-46-41-39(31)47-23-48-40(41)37-34(58-22-26-9-10-26)13-14-35-42(37)60-24-59-35)45(55)51-17-15-28(16-18-51)52-44(54)30-8-6-5-7-29(30)38(50-52)27-11-12-33(56-3)36(20-27)57-4/h11-14,20-21,23,25-26,28-30,32,46H,5-10,15-19,22,24H2,1-4H3,(H,49,53)/t29-,30+,32+/m0/s1. The molecule has 15 heteroatoms. The van der Waals surface area contributed by atoms with Gasteiger partial charge in [-0.05, 0) is 87.1 Å². The molecule has 3 fully saturated rings. The maximum atomic E-state index is 14.3. The van der Waals surface area contributed by atoms with Crippen LogP contribution in [-0.2, 0) is 9.59 Å². The molecule has 0 radical (unpaired) electrons. The summed E-state index contributed by atoms with van der Waals surface area (Å²) in [6.07, 6.45) is 10.7. The molecular weight excluding hydrogens is 767 g/mol. The van der Waals surface area contributed by atoms with Crippen LogP contribution in [0, 0.1) is 23.7 Å². The summed E-state index contributed by atoms with van der Waals surface area (Å²) in [4.78, 5) is 56.7. The maximum Gasteiger partial charge on any atom is 0.255 e. The average molecular weight is 820 g/mol. The zero-order valence-corrected chi connectivity index (χ0v) is 34.7. The van der Waals surface area contributed by atoms with E-state index in [4.69, 9.17) is 28.8 Å². The number of nitrogens with one attached hydrogen (secondary N) is 2. The molecule has 4 aromatic rings. The average Bonchev–Trinajstić information content (AvgIpc) is 3.79. The Hall–Kier alpha value is -5.86. The number of H-pyrrole nitrogens is 1. The van der Waals surface area contributed by atoms with Crippen LogP contribution >= 0.6 is 0 Å². The quantitative estimate of drug-likeness (QED) is 0.155. The third-order valence-electron chi connectivity index (χ3n) is 12.6. The van der Waals surface area contributed by atoms with Crippen molar-refractivity contribution in [1.29, 1.82) is 0 Å². The topological polar surface area (TPSA) is 170 Å². The van der Waals surface area contributed by atoms with Crippen LogP contribution < -0.4 is 29.0 Å². The Kier molecular flexibility index (Phi) is 11.0. The van der Waals surface area contributed by atoms with Gasteiger partial charge in [-0.25, -0.2) is 15.0 Å². The van der Waals surface area contributed by atoms with E-state index in [0.29, 0.717) is 101 Å². The molecule has 0 spiro atoms. The first-order valence-electron chi connectivity index (χ1n) is 21.3. The molecule has 0 unspecified atom stereocenters. The van der Waals surface area contributed by atoms with Crippen molar-refractivity contribution in [3.8, 4) is 40.0 Å². The van der Waals surface area contributed by atoms with Crippen molar-refractivity contribution in [3.63, 3.8) is 0 Å². The smallest absolute Gasteiger partial charge is 0.255 e. The SMILES string of the molecule is COc1ccc(C2=NN(C3CCN(C(=O)[C@@H](CC(C)C)NC(=O)c4c[nH]c5c(-c6c(OCC7CC7)ccc7c6OCO7)ncnc45)CC3)C(=O)[C@@H]3CCCC[C@H]23)cc1OC. The number of nitrogens with zero attached hydrogens (tertiary/aromatic N) is 5. The second kappa shape index (κ2) is 16.7. The maximum absolute atomic E-state index is 14.3. The Balaban J connectivity index is 0.919. The molecule has 1 saturated heterocycles. The van der Waals surface area contributed by atoms with Gasteiger partial charge >= 0.3 is 0 Å². The van der Waals surface area contributed by atoms with Gasteiger partial charge in [0.05, 0.1) is 49.2 Å². The minimum atomic E-state index is -0.764. The summed E-state index contributed by atoms with van der Waals surface area (Å²) in [7, 11) is 3.23. The Morgan fingerprint density at radius 2 is 1.70 bits per heavy atom. The summed E-state index contributed by atoms with van der Waals surface area (Å²) in [5.41, 5.74) is 4.25. The van der Waals surface area contributed by atoms with Crippen LogP contribution in [0.3, 0.4) is 0 Å². The number of ether oxygens (including phenoxy) is 5. The summed E-state index contributed by atoms with van der Waals surface area (Å²) >= 11 is 0. The number of amides is 3. The number of benzene rings is 2. The van der Waals surface area contributed by atoms with E-state index in [1.165, 1.54) is 6.33 Å². The Morgan fingerprint density at radius 3 is 2.45 bits per heavy atom. The Labute approximate surface area is 349 Å². The molecule has 3 amide bonds. The van der Waals surface area contributed by atoms with Crippen molar-refractivity contribution >= 4 is 34.5 Å². The van der Waals surface area contributed by atoms with Crippen molar-refractivity contribution in [3.05, 3.63) is 54.0 Å². The zero-order chi connectivity index (χ0) is 41.5. The third-order valence-corrected chi connectivity index (χ3v) is 12.6. The van der Waals surface area contributed by atoms with E-state index in [9.17, 15) is 14.4 Å². The molecule has 2 saturated carbocycles. The van der Waals surface area contributed by atoms with Crippen molar-refractivity contribution in [2.45, 2.75) is 83.7 Å². The van der Waals surface area contributed by atoms with Crippen LogP contribution in [0.25, 0.3) is 22.3 Å². The van der Waals surface area contributed by atoms with Gasteiger partial charge in [-0.2, -0.15) is 5.10 Å². The molecule has 2 aromatic heterocycles. The van der Waals surface area contributed by atoms with Gasteiger partial charge in [0.2, 0.25) is 18.6 Å². The number of hydrogen-bond acceptors (Lipinski definition) is 11. The van der Waals surface area contributed by atoms with Crippen LogP contribution in [0.2, 0.25) is 0 Å². The molecule has 316 valence electrons. The fraction of sp³-hybridized carbons (Fsp3) is 0.511. The summed E-state index contributed by atoms with van der Waals surface area (Å²) < 4.78 is 29.0. The van der Waals surface area contributed by atoms with Crippen molar-refractivity contribution in [1.82, 2.24) is 30.2 Å². The molecule has 5 aliphatic rings. The van der Waals surface area contributed by atoms with E-state index in [1.807, 2.05) is 49.1 Å². The largest absolute Gasteiger partial charge is 0.493 e. The molecule has 9 rings (SSSR count). The van der Waals surface area contributed by atoms with Crippen molar-refractivity contribution in [2.24, 2.45) is 28.8 Å². The number of hydrogen-bond donors (Lipinski definition) is 2. The number of aromatic nitrogens is 3.